The van der Waals surface area contributed by atoms with Crippen molar-refractivity contribution in [2.24, 2.45) is 11.5 Å². The Morgan fingerprint density at radius 3 is 1.18 bits per heavy atom. The normalized spacial score (nSPS) is 12.2. The Balaban J connectivity index is 1.63. The van der Waals surface area contributed by atoms with Crippen molar-refractivity contribution in [2.45, 2.75) is 24.9 Å². The first-order valence-corrected chi connectivity index (χ1v) is 10.7. The number of carbonyl (C=O) groups is 4. The summed E-state index contributed by atoms with van der Waals surface area (Å²) in [6, 6.07) is 22.5. The monoisotopic (exact) mass is 458 g/mol. The minimum absolute atomic E-state index is 0.256. The minimum atomic E-state index is -0.882. The number of primary amides is 2. The van der Waals surface area contributed by atoms with Crippen molar-refractivity contribution in [2.75, 3.05) is 0 Å². The van der Waals surface area contributed by atoms with E-state index in [9.17, 15) is 19.2 Å². The summed E-state index contributed by atoms with van der Waals surface area (Å²) in [5.74, 6) is -2.29. The Kier molecular flexibility index (Phi) is 8.12. The Labute approximate surface area is 197 Å². The van der Waals surface area contributed by atoms with Crippen LogP contribution < -0.4 is 22.1 Å². The van der Waals surface area contributed by atoms with Crippen molar-refractivity contribution in [1.29, 1.82) is 0 Å². The predicted molar refractivity (Wildman–Crippen MR) is 128 cm³/mol. The fourth-order valence-corrected chi connectivity index (χ4v) is 3.40. The van der Waals surface area contributed by atoms with Gasteiger partial charge in [0.25, 0.3) is 11.8 Å². The van der Waals surface area contributed by atoms with Crippen molar-refractivity contribution in [3.05, 3.63) is 107 Å². The average molecular weight is 459 g/mol. The molecular formula is C26H26N4O4. The van der Waals surface area contributed by atoms with Gasteiger partial charge in [0.15, 0.2) is 0 Å². The van der Waals surface area contributed by atoms with Crippen molar-refractivity contribution >= 4 is 23.6 Å². The molecule has 0 aromatic heterocycles. The first-order chi connectivity index (χ1) is 16.3. The lowest BCUT2D eigenvalue weighted by atomic mass is 10.0. The van der Waals surface area contributed by atoms with Crippen LogP contribution in [0, 0.1) is 0 Å². The Bertz CT molecular complexity index is 1060. The molecule has 4 amide bonds. The van der Waals surface area contributed by atoms with Gasteiger partial charge in [0, 0.05) is 24.0 Å². The summed E-state index contributed by atoms with van der Waals surface area (Å²) in [6.45, 7) is 0. The highest BCUT2D eigenvalue weighted by Crippen LogP contribution is 2.09. The summed E-state index contributed by atoms with van der Waals surface area (Å²) in [7, 11) is 0. The molecule has 0 saturated heterocycles. The molecule has 3 rings (SSSR count). The van der Waals surface area contributed by atoms with Crippen LogP contribution in [0.25, 0.3) is 0 Å². The van der Waals surface area contributed by atoms with E-state index in [1.54, 1.807) is 0 Å². The van der Waals surface area contributed by atoms with E-state index in [4.69, 9.17) is 11.5 Å². The van der Waals surface area contributed by atoms with Crippen molar-refractivity contribution in [3.63, 3.8) is 0 Å². The van der Waals surface area contributed by atoms with E-state index >= 15 is 0 Å². The maximum absolute atomic E-state index is 12.6. The van der Waals surface area contributed by atoms with Gasteiger partial charge in [-0.3, -0.25) is 19.2 Å². The van der Waals surface area contributed by atoms with E-state index in [0.717, 1.165) is 11.1 Å². The van der Waals surface area contributed by atoms with Crippen LogP contribution in [0.2, 0.25) is 0 Å². The average Bonchev–Trinajstić information content (AvgIpc) is 2.84. The molecule has 174 valence electrons. The molecule has 2 unspecified atom stereocenters. The molecule has 3 aromatic rings. The standard InChI is InChI=1S/C26H26N4O4/c27-23(31)21(15-17-7-3-1-4-8-17)29-25(33)19-11-13-20(14-12-19)26(34)30-22(24(28)32)16-18-9-5-2-6-10-18/h1-14,21-22H,15-16H2,(H2,27,31)(H2,28,32)(H,29,33)(H,30,34). The smallest absolute Gasteiger partial charge is 0.251 e. The zero-order valence-corrected chi connectivity index (χ0v) is 18.4. The van der Waals surface area contributed by atoms with Gasteiger partial charge in [0.2, 0.25) is 11.8 Å². The molecular weight excluding hydrogens is 432 g/mol. The number of benzene rings is 3. The highest BCUT2D eigenvalue weighted by molar-refractivity contribution is 6.00. The van der Waals surface area contributed by atoms with Crippen LogP contribution in [0.15, 0.2) is 84.9 Å². The SMILES string of the molecule is NC(=O)C(Cc1ccccc1)NC(=O)c1ccc(C(=O)NC(Cc2ccccc2)C(N)=O)cc1. The molecule has 8 heteroatoms. The molecule has 0 bridgehead atoms. The molecule has 0 aliphatic rings. The van der Waals surface area contributed by atoms with E-state index < -0.39 is 35.7 Å². The lowest BCUT2D eigenvalue weighted by molar-refractivity contribution is -0.120. The third kappa shape index (κ3) is 6.77. The zero-order chi connectivity index (χ0) is 24.5. The summed E-state index contributed by atoms with van der Waals surface area (Å²) in [5, 5.41) is 5.26. The van der Waals surface area contributed by atoms with Crippen LogP contribution in [0.5, 0.6) is 0 Å². The van der Waals surface area contributed by atoms with E-state index in [-0.39, 0.29) is 24.0 Å². The first-order valence-electron chi connectivity index (χ1n) is 10.7. The lowest BCUT2D eigenvalue weighted by Crippen LogP contribution is -2.46. The number of rotatable bonds is 10. The molecule has 34 heavy (non-hydrogen) atoms. The van der Waals surface area contributed by atoms with Crippen molar-refractivity contribution in [1.82, 2.24) is 10.6 Å². The second-order valence-corrected chi connectivity index (χ2v) is 7.81. The van der Waals surface area contributed by atoms with Gasteiger partial charge in [0.1, 0.15) is 12.1 Å². The molecule has 8 nitrogen and oxygen atoms in total. The fourth-order valence-electron chi connectivity index (χ4n) is 3.40. The molecule has 6 N–H and O–H groups in total. The number of nitrogens with one attached hydrogen (secondary N) is 2. The van der Waals surface area contributed by atoms with Gasteiger partial charge in [-0.05, 0) is 35.4 Å². The molecule has 0 aliphatic carbocycles. The van der Waals surface area contributed by atoms with E-state index in [1.165, 1.54) is 24.3 Å². The molecule has 0 spiro atoms. The van der Waals surface area contributed by atoms with Gasteiger partial charge in [-0.1, -0.05) is 60.7 Å². The number of amides is 4. The van der Waals surface area contributed by atoms with Crippen LogP contribution >= 0.6 is 0 Å². The highest BCUT2D eigenvalue weighted by atomic mass is 16.2. The number of nitrogens with two attached hydrogens (primary N) is 2. The molecule has 0 radical (unpaired) electrons. The van der Waals surface area contributed by atoms with Crippen molar-refractivity contribution in [3.8, 4) is 0 Å². The zero-order valence-electron chi connectivity index (χ0n) is 18.4. The third-order valence-electron chi connectivity index (χ3n) is 5.27. The van der Waals surface area contributed by atoms with Gasteiger partial charge in [-0.15, -0.1) is 0 Å². The van der Waals surface area contributed by atoms with Gasteiger partial charge >= 0.3 is 0 Å². The number of hydrogen-bond donors (Lipinski definition) is 4. The number of carbonyl (C=O) groups excluding carboxylic acids is 4. The maximum Gasteiger partial charge on any atom is 0.251 e. The first kappa shape index (κ1) is 24.2. The Morgan fingerprint density at radius 1 is 0.559 bits per heavy atom. The van der Waals surface area contributed by atoms with Gasteiger partial charge < -0.3 is 22.1 Å². The molecule has 0 saturated carbocycles. The Hall–Kier alpha value is -4.46. The minimum Gasteiger partial charge on any atom is -0.368 e. The van der Waals surface area contributed by atoms with Crippen LogP contribution in [0.1, 0.15) is 31.8 Å². The van der Waals surface area contributed by atoms with Gasteiger partial charge in [-0.2, -0.15) is 0 Å². The fraction of sp³-hybridized carbons (Fsp3) is 0.154. The third-order valence-corrected chi connectivity index (χ3v) is 5.27. The highest BCUT2D eigenvalue weighted by Gasteiger charge is 2.21. The van der Waals surface area contributed by atoms with Crippen LogP contribution in [-0.4, -0.2) is 35.7 Å². The summed E-state index contributed by atoms with van der Waals surface area (Å²) in [6.07, 6.45) is 0.524. The molecule has 3 aromatic carbocycles. The molecule has 0 fully saturated rings. The maximum atomic E-state index is 12.6. The Morgan fingerprint density at radius 2 is 0.882 bits per heavy atom. The summed E-state index contributed by atoms with van der Waals surface area (Å²) in [5.41, 5.74) is 13.1. The summed E-state index contributed by atoms with van der Waals surface area (Å²) >= 11 is 0. The molecule has 2 atom stereocenters. The molecule has 0 aliphatic heterocycles. The summed E-state index contributed by atoms with van der Waals surface area (Å²) in [4.78, 5) is 48.9. The predicted octanol–water partition coefficient (Wildman–Crippen LogP) is 1.34. The number of hydrogen-bond acceptors (Lipinski definition) is 4. The quantitative estimate of drug-likeness (QED) is 0.363. The topological polar surface area (TPSA) is 144 Å². The van der Waals surface area contributed by atoms with Crippen LogP contribution in [0.3, 0.4) is 0 Å². The van der Waals surface area contributed by atoms with E-state index in [1.807, 2.05) is 60.7 Å². The molecule has 0 heterocycles. The summed E-state index contributed by atoms with van der Waals surface area (Å²) < 4.78 is 0. The second-order valence-electron chi connectivity index (χ2n) is 7.81. The van der Waals surface area contributed by atoms with E-state index in [2.05, 4.69) is 10.6 Å². The lowest BCUT2D eigenvalue weighted by Gasteiger charge is -2.17. The van der Waals surface area contributed by atoms with Crippen molar-refractivity contribution < 1.29 is 19.2 Å². The van der Waals surface area contributed by atoms with Crippen LogP contribution in [-0.2, 0) is 22.4 Å². The van der Waals surface area contributed by atoms with Gasteiger partial charge in [-0.25, -0.2) is 0 Å². The van der Waals surface area contributed by atoms with Crippen LogP contribution in [0.4, 0.5) is 0 Å². The largest absolute Gasteiger partial charge is 0.368 e. The second kappa shape index (κ2) is 11.4. The van der Waals surface area contributed by atoms with Gasteiger partial charge in [0.05, 0.1) is 0 Å². The van der Waals surface area contributed by atoms with E-state index in [0.29, 0.717) is 0 Å².